The maximum Gasteiger partial charge on any atom is 0.230 e. The molecule has 0 bridgehead atoms. The van der Waals surface area contributed by atoms with E-state index in [-0.39, 0.29) is 5.56 Å². The second-order valence-electron chi connectivity index (χ2n) is 7.04. The number of hydrogen-bond acceptors (Lipinski definition) is 7. The molecular formula is C21H21F2N5S2. The molecule has 1 unspecified atom stereocenters. The van der Waals surface area contributed by atoms with E-state index in [0.717, 1.165) is 34.7 Å². The van der Waals surface area contributed by atoms with Crippen molar-refractivity contribution in [1.82, 2.24) is 10.2 Å². The predicted molar refractivity (Wildman–Crippen MR) is 119 cm³/mol. The van der Waals surface area contributed by atoms with Crippen molar-refractivity contribution < 1.29 is 8.78 Å². The van der Waals surface area contributed by atoms with Crippen LogP contribution in [0.4, 0.5) is 13.9 Å². The van der Waals surface area contributed by atoms with E-state index in [0.29, 0.717) is 23.1 Å². The number of nitrogens with zero attached hydrogens (tertiary/aromatic N) is 4. The average Bonchev–Trinajstić information content (AvgIpc) is 3.33. The Balaban J connectivity index is 1.91. The molecule has 0 saturated carbocycles. The van der Waals surface area contributed by atoms with Crippen LogP contribution >= 0.6 is 23.1 Å². The number of aryl methyl sites for hydroxylation is 2. The Morgan fingerprint density at radius 2 is 1.90 bits per heavy atom. The highest BCUT2D eigenvalue weighted by Gasteiger charge is 2.48. The van der Waals surface area contributed by atoms with Crippen LogP contribution in [0.15, 0.2) is 47.6 Å². The summed E-state index contributed by atoms with van der Waals surface area (Å²) in [5.74, 6) is -1.03. The molecule has 0 saturated heterocycles. The van der Waals surface area contributed by atoms with Crippen LogP contribution in [0.3, 0.4) is 0 Å². The van der Waals surface area contributed by atoms with Crippen molar-refractivity contribution in [3.8, 4) is 0 Å². The molecule has 9 heteroatoms. The van der Waals surface area contributed by atoms with E-state index in [2.05, 4.69) is 10.2 Å². The summed E-state index contributed by atoms with van der Waals surface area (Å²) in [6.07, 6.45) is 1.38. The number of rotatable bonds is 6. The number of hydrogen-bond donors (Lipinski definition) is 1. The van der Waals surface area contributed by atoms with Crippen LogP contribution in [-0.2, 0) is 4.87 Å². The highest BCUT2D eigenvalue weighted by molar-refractivity contribution is 8.15. The van der Waals surface area contributed by atoms with Crippen LogP contribution in [0.5, 0.6) is 0 Å². The number of hydrazone groups is 1. The lowest BCUT2D eigenvalue weighted by atomic mass is 9.96. The van der Waals surface area contributed by atoms with Gasteiger partial charge in [-0.05, 0) is 62.6 Å². The van der Waals surface area contributed by atoms with Crippen LogP contribution < -0.4 is 10.7 Å². The number of thioether (sulfide) groups is 1. The molecule has 0 radical (unpaired) electrons. The van der Waals surface area contributed by atoms with Crippen LogP contribution in [0.25, 0.3) is 0 Å². The number of aromatic nitrogens is 2. The fourth-order valence-corrected chi connectivity index (χ4v) is 5.82. The summed E-state index contributed by atoms with van der Waals surface area (Å²) in [6, 6.07) is 11.4. The van der Waals surface area contributed by atoms with E-state index >= 15 is 0 Å². The van der Waals surface area contributed by atoms with Gasteiger partial charge in [0, 0.05) is 5.56 Å². The highest BCUT2D eigenvalue weighted by Crippen LogP contribution is 2.53. The Labute approximate surface area is 182 Å². The minimum atomic E-state index is -0.690. The van der Waals surface area contributed by atoms with Gasteiger partial charge in [0.05, 0.1) is 0 Å². The molecule has 0 amide bonds. The molecule has 0 fully saturated rings. The summed E-state index contributed by atoms with van der Waals surface area (Å²) in [7, 11) is 0. The molecule has 5 nitrogen and oxygen atoms in total. The third-order valence-corrected chi connectivity index (χ3v) is 7.18. The molecule has 2 aromatic carbocycles. The summed E-state index contributed by atoms with van der Waals surface area (Å²) >= 11 is 2.82. The van der Waals surface area contributed by atoms with Crippen molar-refractivity contribution in [3.63, 3.8) is 0 Å². The molecule has 2 N–H and O–H groups in total. The normalized spacial score (nSPS) is 18.7. The van der Waals surface area contributed by atoms with Crippen molar-refractivity contribution in [2.24, 2.45) is 10.8 Å². The largest absolute Gasteiger partial charge is 0.330 e. The lowest BCUT2D eigenvalue weighted by Crippen LogP contribution is -2.38. The maximum atomic E-state index is 14.6. The highest BCUT2D eigenvalue weighted by atomic mass is 32.2. The Hall–Kier alpha value is -2.36. The zero-order valence-corrected chi connectivity index (χ0v) is 18.2. The van der Waals surface area contributed by atoms with Crippen LogP contribution in [-0.4, -0.2) is 21.8 Å². The molecule has 1 aliphatic heterocycles. The minimum absolute atomic E-state index is 0.134. The summed E-state index contributed by atoms with van der Waals surface area (Å²) in [6.45, 7) is 4.40. The van der Waals surface area contributed by atoms with Crippen molar-refractivity contribution in [3.05, 3.63) is 75.8 Å². The van der Waals surface area contributed by atoms with Gasteiger partial charge in [-0.2, -0.15) is 5.10 Å². The van der Waals surface area contributed by atoms with Crippen molar-refractivity contribution in [2.75, 3.05) is 11.6 Å². The molecule has 0 aliphatic carbocycles. The Bertz CT molecular complexity index is 1100. The zero-order valence-electron chi connectivity index (χ0n) is 16.6. The van der Waals surface area contributed by atoms with Gasteiger partial charge in [-0.15, -0.1) is 10.2 Å². The average molecular weight is 446 g/mol. The SMILES string of the molecule is Cc1nnc(N2N=C(c3cc(F)ccc3F)SC2(CCCN)c2ccccc2C)s1. The van der Waals surface area contributed by atoms with Gasteiger partial charge >= 0.3 is 0 Å². The fourth-order valence-electron chi connectivity index (χ4n) is 3.55. The van der Waals surface area contributed by atoms with Gasteiger partial charge in [0.25, 0.3) is 0 Å². The van der Waals surface area contributed by atoms with Crippen LogP contribution in [0.2, 0.25) is 0 Å². The molecule has 1 aromatic heterocycles. The van der Waals surface area contributed by atoms with Gasteiger partial charge in [0.1, 0.15) is 26.6 Å². The third kappa shape index (κ3) is 3.73. The summed E-state index contributed by atoms with van der Waals surface area (Å²) in [5, 5.41) is 16.8. The van der Waals surface area contributed by atoms with E-state index < -0.39 is 16.5 Å². The van der Waals surface area contributed by atoms with Gasteiger partial charge in [-0.25, -0.2) is 13.8 Å². The van der Waals surface area contributed by atoms with Crippen molar-refractivity contribution in [1.29, 1.82) is 0 Å². The zero-order chi connectivity index (χ0) is 21.3. The van der Waals surface area contributed by atoms with E-state index in [9.17, 15) is 8.78 Å². The van der Waals surface area contributed by atoms with Gasteiger partial charge in [0.15, 0.2) is 0 Å². The number of anilines is 1. The smallest absolute Gasteiger partial charge is 0.230 e. The van der Waals surface area contributed by atoms with Crippen LogP contribution in [0.1, 0.15) is 34.5 Å². The van der Waals surface area contributed by atoms with E-state index in [4.69, 9.17) is 10.8 Å². The molecule has 1 aliphatic rings. The standard InChI is InChI=1S/C21H21F2N5S2/c1-13-6-3-4-7-17(13)21(10-5-11-24)28(20-26-25-14(2)29-20)27-19(30-21)16-12-15(22)8-9-18(16)23/h3-4,6-9,12H,5,10-11,24H2,1-2H3. The molecule has 30 heavy (non-hydrogen) atoms. The first kappa shape index (κ1) is 20.9. The van der Waals surface area contributed by atoms with Gasteiger partial charge < -0.3 is 5.73 Å². The number of benzene rings is 2. The fraction of sp³-hybridized carbons (Fsp3) is 0.286. The molecule has 0 spiro atoms. The summed E-state index contributed by atoms with van der Waals surface area (Å²) < 4.78 is 28.5. The lowest BCUT2D eigenvalue weighted by Gasteiger charge is -2.36. The predicted octanol–water partition coefficient (Wildman–Crippen LogP) is 4.94. The molecule has 2 heterocycles. The molecule has 4 rings (SSSR count). The Kier molecular flexibility index (Phi) is 5.86. The Morgan fingerprint density at radius 3 is 2.60 bits per heavy atom. The third-order valence-electron chi connectivity index (χ3n) is 4.94. The van der Waals surface area contributed by atoms with E-state index in [1.165, 1.54) is 29.2 Å². The topological polar surface area (TPSA) is 67.4 Å². The van der Waals surface area contributed by atoms with Gasteiger partial charge in [-0.3, -0.25) is 0 Å². The summed E-state index contributed by atoms with van der Waals surface area (Å²) in [4.78, 5) is -0.690. The Morgan fingerprint density at radius 1 is 1.10 bits per heavy atom. The van der Waals surface area contributed by atoms with E-state index in [1.54, 1.807) is 5.01 Å². The monoisotopic (exact) mass is 445 g/mol. The molecule has 3 aromatic rings. The first-order valence-electron chi connectivity index (χ1n) is 9.54. The minimum Gasteiger partial charge on any atom is -0.330 e. The molecule has 156 valence electrons. The number of nitrogens with two attached hydrogens (primary N) is 1. The number of halogens is 2. The second kappa shape index (κ2) is 8.41. The lowest BCUT2D eigenvalue weighted by molar-refractivity contribution is 0.523. The maximum absolute atomic E-state index is 14.6. The van der Waals surface area contributed by atoms with Gasteiger partial charge in [0.2, 0.25) is 5.13 Å². The quantitative estimate of drug-likeness (QED) is 0.582. The second-order valence-corrected chi connectivity index (χ2v) is 9.46. The van der Waals surface area contributed by atoms with Gasteiger partial charge in [-0.1, -0.05) is 47.4 Å². The summed E-state index contributed by atoms with van der Waals surface area (Å²) in [5.41, 5.74) is 8.10. The van der Waals surface area contributed by atoms with Crippen LogP contribution in [0, 0.1) is 25.5 Å². The first-order chi connectivity index (χ1) is 14.4. The van der Waals surface area contributed by atoms with E-state index in [1.807, 2.05) is 38.1 Å². The first-order valence-corrected chi connectivity index (χ1v) is 11.2. The van der Waals surface area contributed by atoms with Crippen molar-refractivity contribution >= 4 is 33.3 Å². The van der Waals surface area contributed by atoms with Crippen molar-refractivity contribution in [2.45, 2.75) is 31.6 Å². The molecule has 1 atom stereocenters. The molecular weight excluding hydrogens is 424 g/mol.